The minimum Gasteiger partial charge on any atom is -0.352 e. The lowest BCUT2D eigenvalue weighted by Crippen LogP contribution is -2.47. The molecular weight excluding hydrogens is 435 g/mol. The molecule has 1 aliphatic rings. The average molecular weight is 454 g/mol. The van der Waals surface area contributed by atoms with Crippen molar-refractivity contribution in [2.24, 2.45) is 5.10 Å². The zero-order valence-electron chi connectivity index (χ0n) is 16.4. The Hall–Kier alpha value is -3.21. The Morgan fingerprint density at radius 3 is 2.81 bits per heavy atom. The van der Waals surface area contributed by atoms with Crippen LogP contribution < -0.4 is 10.7 Å². The summed E-state index contributed by atoms with van der Waals surface area (Å²) in [5.41, 5.74) is 2.24. The molecule has 0 radical (unpaired) electrons. The molecule has 0 spiro atoms. The van der Waals surface area contributed by atoms with E-state index in [1.165, 1.54) is 31.5 Å². The van der Waals surface area contributed by atoms with E-state index in [4.69, 9.17) is 17.0 Å². The fraction of sp³-hybridized carbons (Fsp3) is 0.316. The highest BCUT2D eigenvalue weighted by Gasteiger charge is 2.51. The van der Waals surface area contributed by atoms with Crippen LogP contribution in [0.5, 0.6) is 0 Å². The van der Waals surface area contributed by atoms with Crippen molar-refractivity contribution in [2.45, 2.75) is 25.3 Å². The van der Waals surface area contributed by atoms with Gasteiger partial charge in [-0.1, -0.05) is 17.7 Å². The molecular formula is C19H19ClF3N7O. The van der Waals surface area contributed by atoms with Crippen LogP contribution in [-0.2, 0) is 0 Å². The second kappa shape index (κ2) is 9.29. The van der Waals surface area contributed by atoms with E-state index in [1.54, 1.807) is 0 Å². The first kappa shape index (κ1) is 22.5. The van der Waals surface area contributed by atoms with Crippen molar-refractivity contribution in [3.05, 3.63) is 46.5 Å². The molecule has 12 heteroatoms. The number of nitrogens with one attached hydrogen (secondary N) is 3. The highest BCUT2D eigenvalue weighted by molar-refractivity contribution is 6.30. The van der Waals surface area contributed by atoms with Gasteiger partial charge in [-0.05, 0) is 18.6 Å². The molecule has 164 valence electrons. The second-order valence-corrected chi connectivity index (χ2v) is 7.24. The van der Waals surface area contributed by atoms with Gasteiger partial charge in [0.2, 0.25) is 5.95 Å². The molecule has 3 N–H and O–H groups in total. The number of likely N-dealkylation sites (tertiary alicyclic amines) is 1. The van der Waals surface area contributed by atoms with Crippen LogP contribution >= 0.6 is 11.6 Å². The van der Waals surface area contributed by atoms with Crippen LogP contribution in [0.3, 0.4) is 0 Å². The lowest BCUT2D eigenvalue weighted by molar-refractivity contribution is -0.0248. The van der Waals surface area contributed by atoms with Gasteiger partial charge >= 0.3 is 0 Å². The molecule has 2 heterocycles. The topological polar surface area (TPSA) is 106 Å². The first-order valence-corrected chi connectivity index (χ1v) is 9.60. The highest BCUT2D eigenvalue weighted by Crippen LogP contribution is 2.36. The van der Waals surface area contributed by atoms with Gasteiger partial charge in [-0.15, -0.1) is 0 Å². The normalized spacial score (nSPS) is 17.7. The van der Waals surface area contributed by atoms with Gasteiger partial charge < -0.3 is 15.6 Å². The molecule has 1 saturated heterocycles. The van der Waals surface area contributed by atoms with Crippen LogP contribution in [0.1, 0.15) is 22.3 Å². The van der Waals surface area contributed by atoms with Gasteiger partial charge in [-0.25, -0.2) is 23.1 Å². The number of hydrogen-bond acceptors (Lipinski definition) is 7. The molecule has 1 aliphatic heterocycles. The van der Waals surface area contributed by atoms with Crippen molar-refractivity contribution in [3.63, 3.8) is 0 Å². The summed E-state index contributed by atoms with van der Waals surface area (Å²) in [4.78, 5) is 21.9. The second-order valence-electron chi connectivity index (χ2n) is 6.81. The number of aryl methyl sites for hydroxylation is 1. The lowest BCUT2D eigenvalue weighted by Gasteiger charge is -2.28. The average Bonchev–Trinajstić information content (AvgIpc) is 3.04. The number of rotatable bonds is 7. The van der Waals surface area contributed by atoms with Crippen LogP contribution in [0.2, 0.25) is 5.02 Å². The van der Waals surface area contributed by atoms with E-state index in [9.17, 15) is 18.0 Å². The summed E-state index contributed by atoms with van der Waals surface area (Å²) in [5, 5.41) is 13.6. The number of anilines is 2. The third-order valence-electron chi connectivity index (χ3n) is 4.78. The Labute approximate surface area is 181 Å². The van der Waals surface area contributed by atoms with E-state index in [0.717, 1.165) is 17.3 Å². The van der Waals surface area contributed by atoms with Crippen LogP contribution in [0.25, 0.3) is 0 Å². The lowest BCUT2D eigenvalue weighted by atomic mass is 10.1. The molecule has 1 aromatic heterocycles. The summed E-state index contributed by atoms with van der Waals surface area (Å²) in [6.07, 6.45) is 4.02. The summed E-state index contributed by atoms with van der Waals surface area (Å²) >= 11 is 5.72. The number of hydrogen-bond donors (Lipinski definition) is 3. The molecule has 3 rings (SSSR count). The number of carbonyl (C=O) groups is 1. The van der Waals surface area contributed by atoms with Crippen LogP contribution in [0, 0.1) is 18.2 Å². The Kier molecular flexibility index (Phi) is 6.74. The molecule has 1 atom stereocenters. The Morgan fingerprint density at radius 1 is 1.42 bits per heavy atom. The number of hydrazone groups is 1. The number of alkyl halides is 2. The standard InChI is InChI=1S/C19H19ClF3N7O/c1-11-2-3-13(16(15(11)21)29-28-6-5-24)17(31)30-7-4-19(22,23)14(30)10-27-18-25-8-12(20)9-26-18/h2-3,5-6,8-9,14,24,29H,4,7,10H2,1H3,(H,25,26,27)/b24-5?,28-6-. The van der Waals surface area contributed by atoms with E-state index in [0.29, 0.717) is 5.02 Å². The van der Waals surface area contributed by atoms with Gasteiger partial charge in [-0.3, -0.25) is 10.2 Å². The first-order valence-electron chi connectivity index (χ1n) is 9.22. The highest BCUT2D eigenvalue weighted by atomic mass is 35.5. The molecule has 31 heavy (non-hydrogen) atoms. The molecule has 0 saturated carbocycles. The van der Waals surface area contributed by atoms with Crippen molar-refractivity contribution >= 4 is 41.6 Å². The Balaban J connectivity index is 1.87. The summed E-state index contributed by atoms with van der Waals surface area (Å²) in [6, 6.07) is 1.24. The molecule has 2 aromatic rings. The third kappa shape index (κ3) is 4.93. The zero-order valence-corrected chi connectivity index (χ0v) is 17.1. The van der Waals surface area contributed by atoms with Gasteiger partial charge in [0.25, 0.3) is 11.8 Å². The predicted octanol–water partition coefficient (Wildman–Crippen LogP) is 3.59. The quantitative estimate of drug-likeness (QED) is 0.439. The van der Waals surface area contributed by atoms with Crippen molar-refractivity contribution < 1.29 is 18.0 Å². The van der Waals surface area contributed by atoms with Crippen LogP contribution in [0.4, 0.5) is 24.8 Å². The third-order valence-corrected chi connectivity index (χ3v) is 4.97. The van der Waals surface area contributed by atoms with Crippen molar-refractivity contribution in [1.82, 2.24) is 14.9 Å². The minimum absolute atomic E-state index is 0.0872. The molecule has 0 bridgehead atoms. The van der Waals surface area contributed by atoms with Crippen molar-refractivity contribution in [3.8, 4) is 0 Å². The monoisotopic (exact) mass is 453 g/mol. The van der Waals surface area contributed by atoms with E-state index in [-0.39, 0.29) is 35.9 Å². The number of benzene rings is 1. The maximum atomic E-state index is 14.6. The van der Waals surface area contributed by atoms with Gasteiger partial charge in [0.05, 0.1) is 29.2 Å². The Bertz CT molecular complexity index is 1000. The number of nitrogens with zero attached hydrogens (tertiary/aromatic N) is 4. The predicted molar refractivity (Wildman–Crippen MR) is 112 cm³/mol. The van der Waals surface area contributed by atoms with Gasteiger partial charge in [0, 0.05) is 25.7 Å². The summed E-state index contributed by atoms with van der Waals surface area (Å²) < 4.78 is 43.8. The van der Waals surface area contributed by atoms with Crippen LogP contribution in [0.15, 0.2) is 29.6 Å². The van der Waals surface area contributed by atoms with Crippen LogP contribution in [-0.4, -0.2) is 58.3 Å². The number of carbonyl (C=O) groups excluding carboxylic acids is 1. The Morgan fingerprint density at radius 2 is 2.13 bits per heavy atom. The van der Waals surface area contributed by atoms with Gasteiger partial charge in [0.1, 0.15) is 11.7 Å². The molecule has 1 unspecified atom stereocenters. The number of aromatic nitrogens is 2. The maximum Gasteiger partial charge on any atom is 0.271 e. The number of amides is 1. The minimum atomic E-state index is -3.16. The fourth-order valence-corrected chi connectivity index (χ4v) is 3.27. The maximum absolute atomic E-state index is 14.6. The molecule has 1 fully saturated rings. The smallest absolute Gasteiger partial charge is 0.271 e. The summed E-state index contributed by atoms with van der Waals surface area (Å²) in [6.45, 7) is 0.972. The van der Waals surface area contributed by atoms with Crippen molar-refractivity contribution in [2.75, 3.05) is 23.8 Å². The molecule has 1 amide bonds. The van der Waals surface area contributed by atoms with E-state index in [1.807, 2.05) is 0 Å². The fourth-order valence-electron chi connectivity index (χ4n) is 3.18. The largest absolute Gasteiger partial charge is 0.352 e. The SMILES string of the molecule is Cc1ccc(C(=O)N2CCC(F)(F)C2CNc2ncc(Cl)cn2)c(N/N=C\C=N)c1F. The van der Waals surface area contributed by atoms with Crippen molar-refractivity contribution in [1.29, 1.82) is 5.41 Å². The summed E-state index contributed by atoms with van der Waals surface area (Å²) in [7, 11) is 0. The van der Waals surface area contributed by atoms with Gasteiger partial charge in [-0.2, -0.15) is 5.10 Å². The molecule has 1 aromatic carbocycles. The van der Waals surface area contributed by atoms with E-state index in [2.05, 4.69) is 25.8 Å². The van der Waals surface area contributed by atoms with Gasteiger partial charge in [0.15, 0.2) is 5.82 Å². The number of halogens is 4. The zero-order chi connectivity index (χ0) is 22.6. The molecule has 8 nitrogen and oxygen atoms in total. The van der Waals surface area contributed by atoms with E-state index >= 15 is 0 Å². The van der Waals surface area contributed by atoms with E-state index < -0.39 is 30.1 Å². The summed E-state index contributed by atoms with van der Waals surface area (Å²) in [5.74, 6) is -4.58. The molecule has 0 aliphatic carbocycles. The first-order chi connectivity index (χ1) is 14.7.